The molecule has 0 spiro atoms. The van der Waals surface area contributed by atoms with Crippen molar-refractivity contribution in [2.24, 2.45) is 10.9 Å². The molecule has 4 nitrogen and oxygen atoms in total. The number of ether oxygens (including phenoxy) is 1. The fourth-order valence-electron chi connectivity index (χ4n) is 2.40. The largest absolute Gasteiger partial charge is 0.378 e. The summed E-state index contributed by atoms with van der Waals surface area (Å²) in [6.45, 7) is 8.18. The number of halogens is 1. The Hall–Kier alpha value is 0.310. The minimum absolute atomic E-state index is 0. The van der Waals surface area contributed by atoms with Crippen LogP contribution in [0.1, 0.15) is 40.0 Å². The third kappa shape index (κ3) is 9.13. The maximum atomic E-state index is 5.77. The second kappa shape index (κ2) is 12.8. The summed E-state index contributed by atoms with van der Waals surface area (Å²) in [6, 6.07) is 0.563. The lowest BCUT2D eigenvalue weighted by atomic mass is 10.0. The highest BCUT2D eigenvalue weighted by Crippen LogP contribution is 2.16. The van der Waals surface area contributed by atoms with Crippen molar-refractivity contribution in [3.63, 3.8) is 0 Å². The molecule has 0 aromatic carbocycles. The molecule has 1 aliphatic rings. The molecule has 0 radical (unpaired) electrons. The van der Waals surface area contributed by atoms with Gasteiger partial charge in [-0.25, -0.2) is 0 Å². The molecule has 0 bridgehead atoms. The average molecular weight is 429 g/mol. The molecular weight excluding hydrogens is 397 g/mol. The molecule has 0 amide bonds. The zero-order chi connectivity index (χ0) is 14.8. The predicted molar refractivity (Wildman–Crippen MR) is 105 cm³/mol. The van der Waals surface area contributed by atoms with Crippen LogP contribution in [0.4, 0.5) is 0 Å². The Bertz CT molecular complexity index is 284. The first-order chi connectivity index (χ1) is 9.67. The average Bonchev–Trinajstić information content (AvgIpc) is 2.46. The van der Waals surface area contributed by atoms with E-state index < -0.39 is 0 Å². The minimum atomic E-state index is 0. The van der Waals surface area contributed by atoms with E-state index in [9.17, 15) is 0 Å². The molecule has 1 saturated heterocycles. The van der Waals surface area contributed by atoms with Crippen LogP contribution in [0, 0.1) is 5.92 Å². The molecule has 2 atom stereocenters. The Morgan fingerprint density at radius 1 is 1.43 bits per heavy atom. The first-order valence-electron chi connectivity index (χ1n) is 7.83. The number of guanidine groups is 1. The summed E-state index contributed by atoms with van der Waals surface area (Å²) in [7, 11) is 1.84. The number of rotatable bonds is 7. The minimum Gasteiger partial charge on any atom is -0.378 e. The summed E-state index contributed by atoms with van der Waals surface area (Å²) < 4.78 is 5.77. The number of nitrogens with one attached hydrogen (secondary N) is 2. The van der Waals surface area contributed by atoms with Crippen molar-refractivity contribution < 1.29 is 4.74 Å². The van der Waals surface area contributed by atoms with Crippen LogP contribution in [0.2, 0.25) is 0 Å². The lowest BCUT2D eigenvalue weighted by molar-refractivity contribution is 0.0258. The molecule has 0 aliphatic carbocycles. The first-order valence-corrected chi connectivity index (χ1v) is 8.99. The van der Waals surface area contributed by atoms with E-state index in [1.807, 2.05) is 18.8 Å². The lowest BCUT2D eigenvalue weighted by Crippen LogP contribution is -2.46. The van der Waals surface area contributed by atoms with E-state index in [4.69, 9.17) is 4.74 Å². The topological polar surface area (TPSA) is 45.6 Å². The standard InChI is InChI=1S/C15H31N3OS.HI/c1-5-19-14(12(2)3)8-9-17-15(16-4)18-13-7-6-10-20-11-13;/h12-14H,5-11H2,1-4H3,(H2,16,17,18);1H. The maximum absolute atomic E-state index is 5.77. The number of thioether (sulfide) groups is 1. The van der Waals surface area contributed by atoms with E-state index in [-0.39, 0.29) is 24.0 Å². The SMILES string of the molecule is CCOC(CCNC(=NC)NC1CCCSC1)C(C)C.I. The van der Waals surface area contributed by atoms with Gasteiger partial charge in [-0.15, -0.1) is 24.0 Å². The van der Waals surface area contributed by atoms with Gasteiger partial charge in [0.2, 0.25) is 0 Å². The van der Waals surface area contributed by atoms with Crippen LogP contribution >= 0.6 is 35.7 Å². The van der Waals surface area contributed by atoms with Gasteiger partial charge in [-0.05, 0) is 37.9 Å². The van der Waals surface area contributed by atoms with Crippen molar-refractivity contribution in [2.45, 2.75) is 52.2 Å². The van der Waals surface area contributed by atoms with Crippen LogP contribution in [0.15, 0.2) is 4.99 Å². The Balaban J connectivity index is 0.00000400. The maximum Gasteiger partial charge on any atom is 0.191 e. The van der Waals surface area contributed by atoms with Crippen LogP contribution in [0.3, 0.4) is 0 Å². The molecule has 2 unspecified atom stereocenters. The molecule has 2 N–H and O–H groups in total. The van der Waals surface area contributed by atoms with E-state index in [1.54, 1.807) is 0 Å². The highest BCUT2D eigenvalue weighted by Gasteiger charge is 2.16. The zero-order valence-corrected chi connectivity index (χ0v) is 17.0. The van der Waals surface area contributed by atoms with E-state index in [0.717, 1.165) is 25.5 Å². The molecule has 21 heavy (non-hydrogen) atoms. The highest BCUT2D eigenvalue weighted by atomic mass is 127. The van der Waals surface area contributed by atoms with Gasteiger partial charge in [-0.2, -0.15) is 11.8 Å². The Morgan fingerprint density at radius 2 is 2.19 bits per heavy atom. The molecular formula is C15H32IN3OS. The number of hydrogen-bond acceptors (Lipinski definition) is 3. The van der Waals surface area contributed by atoms with E-state index in [0.29, 0.717) is 18.1 Å². The zero-order valence-electron chi connectivity index (χ0n) is 13.9. The molecule has 126 valence electrons. The van der Waals surface area contributed by atoms with Crippen LogP contribution in [-0.4, -0.2) is 49.8 Å². The molecule has 6 heteroatoms. The van der Waals surface area contributed by atoms with Gasteiger partial charge in [0, 0.05) is 32.0 Å². The quantitative estimate of drug-likeness (QED) is 0.371. The van der Waals surface area contributed by atoms with Crippen molar-refractivity contribution in [1.82, 2.24) is 10.6 Å². The summed E-state index contributed by atoms with van der Waals surface area (Å²) >= 11 is 2.03. The molecule has 1 fully saturated rings. The van der Waals surface area contributed by atoms with Gasteiger partial charge in [0.25, 0.3) is 0 Å². The van der Waals surface area contributed by atoms with Crippen molar-refractivity contribution in [3.05, 3.63) is 0 Å². The van der Waals surface area contributed by atoms with Gasteiger partial charge < -0.3 is 15.4 Å². The fourth-order valence-corrected chi connectivity index (χ4v) is 3.47. The lowest BCUT2D eigenvalue weighted by Gasteiger charge is -2.25. The van der Waals surface area contributed by atoms with Crippen LogP contribution in [0.5, 0.6) is 0 Å². The Morgan fingerprint density at radius 3 is 2.71 bits per heavy atom. The Kier molecular flexibility index (Phi) is 13.0. The van der Waals surface area contributed by atoms with E-state index in [1.165, 1.54) is 24.3 Å². The molecule has 0 saturated carbocycles. The summed E-state index contributed by atoms with van der Waals surface area (Å²) in [6.07, 6.45) is 3.90. The predicted octanol–water partition coefficient (Wildman–Crippen LogP) is 3.12. The van der Waals surface area contributed by atoms with Crippen molar-refractivity contribution in [1.29, 1.82) is 0 Å². The van der Waals surface area contributed by atoms with E-state index in [2.05, 4.69) is 36.4 Å². The van der Waals surface area contributed by atoms with Gasteiger partial charge >= 0.3 is 0 Å². The molecule has 0 aromatic heterocycles. The summed E-state index contributed by atoms with van der Waals surface area (Å²) in [5.74, 6) is 3.97. The molecule has 1 rings (SSSR count). The van der Waals surface area contributed by atoms with Gasteiger partial charge in [0.1, 0.15) is 0 Å². The first kappa shape index (κ1) is 21.3. The molecule has 1 heterocycles. The van der Waals surface area contributed by atoms with Crippen molar-refractivity contribution in [3.8, 4) is 0 Å². The third-order valence-corrected chi connectivity index (χ3v) is 4.79. The van der Waals surface area contributed by atoms with E-state index >= 15 is 0 Å². The number of aliphatic imine (C=N–C) groups is 1. The second-order valence-corrected chi connectivity index (χ2v) is 6.73. The summed E-state index contributed by atoms with van der Waals surface area (Å²) in [4.78, 5) is 4.31. The highest BCUT2D eigenvalue weighted by molar-refractivity contribution is 14.0. The second-order valence-electron chi connectivity index (χ2n) is 5.58. The van der Waals surface area contributed by atoms with Gasteiger partial charge in [0.05, 0.1) is 6.10 Å². The van der Waals surface area contributed by atoms with Crippen LogP contribution in [0.25, 0.3) is 0 Å². The molecule has 1 aliphatic heterocycles. The smallest absolute Gasteiger partial charge is 0.191 e. The fraction of sp³-hybridized carbons (Fsp3) is 0.933. The van der Waals surface area contributed by atoms with Gasteiger partial charge in [0.15, 0.2) is 5.96 Å². The molecule has 0 aromatic rings. The van der Waals surface area contributed by atoms with Crippen LogP contribution in [-0.2, 0) is 4.74 Å². The summed E-state index contributed by atoms with van der Waals surface area (Å²) in [5, 5.41) is 6.93. The number of nitrogens with zero attached hydrogens (tertiary/aromatic N) is 1. The normalized spacial score (nSPS) is 20.8. The van der Waals surface area contributed by atoms with Crippen molar-refractivity contribution >= 4 is 41.7 Å². The number of hydrogen-bond donors (Lipinski definition) is 2. The van der Waals surface area contributed by atoms with Crippen molar-refractivity contribution in [2.75, 3.05) is 31.7 Å². The third-order valence-electron chi connectivity index (χ3n) is 3.57. The van der Waals surface area contributed by atoms with Gasteiger partial charge in [-0.3, -0.25) is 4.99 Å². The van der Waals surface area contributed by atoms with Gasteiger partial charge in [-0.1, -0.05) is 13.8 Å². The summed E-state index contributed by atoms with van der Waals surface area (Å²) in [5.41, 5.74) is 0. The van der Waals surface area contributed by atoms with Crippen LogP contribution < -0.4 is 10.6 Å². The monoisotopic (exact) mass is 429 g/mol. The Labute approximate surface area is 151 Å².